The van der Waals surface area contributed by atoms with Gasteiger partial charge in [0.15, 0.2) is 0 Å². The number of carboxylic acids is 1. The molecular weight excluding hydrogens is 310 g/mol. The lowest BCUT2D eigenvalue weighted by atomic mass is 9.61. The van der Waals surface area contributed by atoms with Gasteiger partial charge in [0.1, 0.15) is 0 Å². The van der Waals surface area contributed by atoms with Crippen LogP contribution in [0.1, 0.15) is 17.9 Å². The summed E-state index contributed by atoms with van der Waals surface area (Å²) in [6, 6.07) is 7.80. The van der Waals surface area contributed by atoms with E-state index in [9.17, 15) is 14.7 Å². The van der Waals surface area contributed by atoms with E-state index in [1.165, 1.54) is 7.11 Å². The number of ether oxygens (including phenoxy) is 2. The van der Waals surface area contributed by atoms with Crippen LogP contribution in [0.5, 0.6) is 0 Å². The molecule has 5 unspecified atom stereocenters. The molecule has 0 bridgehead atoms. The molecule has 1 saturated heterocycles. The standard InChI is InChI=1S/C18H23NO5/c1-19-12-5-3-10(4-6-12)13-7-11-8-24-9-14(11)15(17(20)21)16(13)18(22)23-2/h3-6,11,13-16,19H,7-9H2,1-2H3,(H,20,21). The Morgan fingerprint density at radius 2 is 1.92 bits per heavy atom. The lowest BCUT2D eigenvalue weighted by Crippen LogP contribution is -2.46. The number of esters is 1. The highest BCUT2D eigenvalue weighted by Crippen LogP contribution is 2.50. The minimum atomic E-state index is -0.942. The number of carbonyl (C=O) groups excluding carboxylic acids is 1. The van der Waals surface area contributed by atoms with Gasteiger partial charge in [-0.25, -0.2) is 0 Å². The summed E-state index contributed by atoms with van der Waals surface area (Å²) < 4.78 is 10.5. The van der Waals surface area contributed by atoms with Gasteiger partial charge in [-0.2, -0.15) is 0 Å². The zero-order valence-electron chi connectivity index (χ0n) is 13.9. The molecule has 2 N–H and O–H groups in total. The Hall–Kier alpha value is -2.08. The Balaban J connectivity index is 2.00. The van der Waals surface area contributed by atoms with Gasteiger partial charge in [0, 0.05) is 25.3 Å². The van der Waals surface area contributed by atoms with Gasteiger partial charge in [0.2, 0.25) is 0 Å². The van der Waals surface area contributed by atoms with Crippen LogP contribution in [0.25, 0.3) is 0 Å². The lowest BCUT2D eigenvalue weighted by Gasteiger charge is -2.41. The van der Waals surface area contributed by atoms with Crippen molar-refractivity contribution in [2.45, 2.75) is 12.3 Å². The highest BCUT2D eigenvalue weighted by molar-refractivity contribution is 5.82. The van der Waals surface area contributed by atoms with E-state index >= 15 is 0 Å². The molecule has 0 aromatic heterocycles. The van der Waals surface area contributed by atoms with Gasteiger partial charge in [0.05, 0.1) is 25.6 Å². The second kappa shape index (κ2) is 6.81. The molecule has 130 valence electrons. The summed E-state index contributed by atoms with van der Waals surface area (Å²) >= 11 is 0. The normalized spacial score (nSPS) is 32.0. The smallest absolute Gasteiger partial charge is 0.310 e. The first kappa shape index (κ1) is 16.8. The van der Waals surface area contributed by atoms with Gasteiger partial charge in [-0.05, 0) is 36.0 Å². The van der Waals surface area contributed by atoms with Gasteiger partial charge in [-0.3, -0.25) is 9.59 Å². The topological polar surface area (TPSA) is 84.9 Å². The van der Waals surface area contributed by atoms with Crippen molar-refractivity contribution in [3.8, 4) is 0 Å². The van der Waals surface area contributed by atoms with E-state index in [0.717, 1.165) is 17.7 Å². The number of aliphatic carboxylic acids is 1. The number of methoxy groups -OCH3 is 1. The molecule has 1 aromatic carbocycles. The predicted octanol–water partition coefficient (Wildman–Crippen LogP) is 1.97. The Bertz CT molecular complexity index is 614. The average Bonchev–Trinajstić information content (AvgIpc) is 3.07. The zero-order chi connectivity index (χ0) is 17.3. The third kappa shape index (κ3) is 2.86. The number of rotatable bonds is 4. The van der Waals surface area contributed by atoms with Crippen molar-refractivity contribution in [1.29, 1.82) is 0 Å². The molecule has 6 heteroatoms. The minimum Gasteiger partial charge on any atom is -0.481 e. The van der Waals surface area contributed by atoms with Crippen molar-refractivity contribution in [1.82, 2.24) is 0 Å². The van der Waals surface area contributed by atoms with E-state index in [-0.39, 0.29) is 17.8 Å². The summed E-state index contributed by atoms with van der Waals surface area (Å²) in [6.45, 7) is 0.966. The highest BCUT2D eigenvalue weighted by Gasteiger charge is 2.53. The molecule has 3 rings (SSSR count). The first-order chi connectivity index (χ1) is 11.6. The van der Waals surface area contributed by atoms with E-state index in [4.69, 9.17) is 9.47 Å². The number of hydrogen-bond donors (Lipinski definition) is 2. The summed E-state index contributed by atoms with van der Waals surface area (Å²) in [7, 11) is 3.16. The van der Waals surface area contributed by atoms with Crippen molar-refractivity contribution in [2.24, 2.45) is 23.7 Å². The van der Waals surface area contributed by atoms with E-state index in [0.29, 0.717) is 13.2 Å². The third-order valence-electron chi connectivity index (χ3n) is 5.47. The van der Waals surface area contributed by atoms with Crippen LogP contribution in [-0.4, -0.2) is 44.4 Å². The van der Waals surface area contributed by atoms with E-state index in [1.807, 2.05) is 31.3 Å². The predicted molar refractivity (Wildman–Crippen MR) is 87.8 cm³/mol. The number of benzene rings is 1. The van der Waals surface area contributed by atoms with Crippen LogP contribution in [0.2, 0.25) is 0 Å². The zero-order valence-corrected chi connectivity index (χ0v) is 13.9. The summed E-state index contributed by atoms with van der Waals surface area (Å²) in [4.78, 5) is 24.4. The molecule has 0 amide bonds. The molecule has 1 heterocycles. The molecule has 2 fully saturated rings. The molecular formula is C18H23NO5. The van der Waals surface area contributed by atoms with Crippen molar-refractivity contribution < 1.29 is 24.2 Å². The second-order valence-corrected chi connectivity index (χ2v) is 6.59. The van der Waals surface area contributed by atoms with Gasteiger partial charge >= 0.3 is 11.9 Å². The maximum absolute atomic E-state index is 12.4. The number of fused-ring (bicyclic) bond motifs is 1. The largest absolute Gasteiger partial charge is 0.481 e. The van der Waals surface area contributed by atoms with Crippen LogP contribution >= 0.6 is 0 Å². The number of carbonyl (C=O) groups is 2. The SMILES string of the molecule is CNc1ccc(C2CC3COCC3C(C(=O)O)C2C(=O)OC)cc1. The fraction of sp³-hybridized carbons (Fsp3) is 0.556. The first-order valence-corrected chi connectivity index (χ1v) is 8.23. The molecule has 1 aromatic rings. The second-order valence-electron chi connectivity index (χ2n) is 6.59. The van der Waals surface area contributed by atoms with Gasteiger partial charge < -0.3 is 19.9 Å². The Morgan fingerprint density at radius 1 is 1.21 bits per heavy atom. The summed E-state index contributed by atoms with van der Waals surface area (Å²) in [5, 5.41) is 12.8. The summed E-state index contributed by atoms with van der Waals surface area (Å²) in [6.07, 6.45) is 0.743. The molecule has 0 radical (unpaired) electrons. The van der Waals surface area contributed by atoms with Crippen molar-refractivity contribution in [3.05, 3.63) is 29.8 Å². The van der Waals surface area contributed by atoms with Crippen LogP contribution in [0.4, 0.5) is 5.69 Å². The Kier molecular flexibility index (Phi) is 4.76. The molecule has 1 aliphatic heterocycles. The molecule has 6 nitrogen and oxygen atoms in total. The maximum atomic E-state index is 12.4. The van der Waals surface area contributed by atoms with Crippen molar-refractivity contribution >= 4 is 17.6 Å². The summed E-state index contributed by atoms with van der Waals surface area (Å²) in [5.74, 6) is -2.98. The number of carboxylic acid groups (broad SMARTS) is 1. The average molecular weight is 333 g/mol. The molecule has 1 saturated carbocycles. The number of anilines is 1. The van der Waals surface area contributed by atoms with Crippen LogP contribution in [0.3, 0.4) is 0 Å². The van der Waals surface area contributed by atoms with Gasteiger partial charge in [-0.1, -0.05) is 12.1 Å². The van der Waals surface area contributed by atoms with Crippen molar-refractivity contribution in [2.75, 3.05) is 32.7 Å². The molecule has 24 heavy (non-hydrogen) atoms. The Labute approximate surface area is 141 Å². The monoisotopic (exact) mass is 333 g/mol. The maximum Gasteiger partial charge on any atom is 0.310 e. The van der Waals surface area contributed by atoms with Gasteiger partial charge in [-0.15, -0.1) is 0 Å². The summed E-state index contributed by atoms with van der Waals surface area (Å²) in [5.41, 5.74) is 1.95. The van der Waals surface area contributed by atoms with Crippen LogP contribution in [-0.2, 0) is 19.1 Å². The third-order valence-corrected chi connectivity index (χ3v) is 5.47. The fourth-order valence-corrected chi connectivity index (χ4v) is 4.27. The fourth-order valence-electron chi connectivity index (χ4n) is 4.27. The van der Waals surface area contributed by atoms with E-state index < -0.39 is 23.8 Å². The van der Waals surface area contributed by atoms with Crippen LogP contribution in [0, 0.1) is 23.7 Å². The van der Waals surface area contributed by atoms with E-state index in [2.05, 4.69) is 5.32 Å². The van der Waals surface area contributed by atoms with Crippen molar-refractivity contribution in [3.63, 3.8) is 0 Å². The molecule has 0 spiro atoms. The van der Waals surface area contributed by atoms with E-state index in [1.54, 1.807) is 0 Å². The minimum absolute atomic E-state index is 0.126. The molecule has 5 atom stereocenters. The Morgan fingerprint density at radius 3 is 2.50 bits per heavy atom. The molecule has 1 aliphatic carbocycles. The first-order valence-electron chi connectivity index (χ1n) is 8.23. The van der Waals surface area contributed by atoms with Crippen LogP contribution < -0.4 is 5.32 Å². The lowest BCUT2D eigenvalue weighted by molar-refractivity contribution is -0.162. The number of hydrogen-bond acceptors (Lipinski definition) is 5. The highest BCUT2D eigenvalue weighted by atomic mass is 16.5. The quantitative estimate of drug-likeness (QED) is 0.820. The molecule has 2 aliphatic rings. The number of nitrogens with one attached hydrogen (secondary N) is 1. The van der Waals surface area contributed by atoms with Gasteiger partial charge in [0.25, 0.3) is 0 Å². The van der Waals surface area contributed by atoms with Crippen LogP contribution in [0.15, 0.2) is 24.3 Å².